The molecule has 2 aromatic rings. The molecule has 1 fully saturated rings. The molecule has 0 amide bonds. The zero-order valence-electron chi connectivity index (χ0n) is 10.7. The smallest absolute Gasteiger partial charge is 0.416 e. The zero-order valence-corrected chi connectivity index (χ0v) is 12.3. The topological polar surface area (TPSA) is 35.0 Å². The van der Waals surface area contributed by atoms with Gasteiger partial charge < -0.3 is 4.74 Å². The average Bonchev–Trinajstić information content (AvgIpc) is 3.21. The van der Waals surface area contributed by atoms with Gasteiger partial charge in [0.15, 0.2) is 0 Å². The summed E-state index contributed by atoms with van der Waals surface area (Å²) >= 11 is 3.28. The molecule has 1 heterocycles. The first-order chi connectivity index (χ1) is 9.91. The van der Waals surface area contributed by atoms with Gasteiger partial charge in [-0.05, 0) is 53.0 Å². The molecule has 0 radical (unpaired) electrons. The van der Waals surface area contributed by atoms with Gasteiger partial charge in [-0.3, -0.25) is 0 Å². The molecule has 7 heteroatoms. The second kappa shape index (κ2) is 5.29. The summed E-state index contributed by atoms with van der Waals surface area (Å²) in [4.78, 5) is 8.54. The highest BCUT2D eigenvalue weighted by Gasteiger charge is 2.30. The fourth-order valence-electron chi connectivity index (χ4n) is 1.82. The maximum absolute atomic E-state index is 12.5. The highest BCUT2D eigenvalue weighted by atomic mass is 79.9. The molecule has 1 aliphatic carbocycles. The van der Waals surface area contributed by atoms with Gasteiger partial charge in [0.2, 0.25) is 5.88 Å². The maximum atomic E-state index is 12.5. The fraction of sp³-hybridized carbons (Fsp3) is 0.286. The Morgan fingerprint density at radius 3 is 2.33 bits per heavy atom. The third-order valence-electron chi connectivity index (χ3n) is 3.04. The molecule has 1 aliphatic rings. The second-order valence-corrected chi connectivity index (χ2v) is 5.60. The summed E-state index contributed by atoms with van der Waals surface area (Å²) in [7, 11) is 0. The Morgan fingerprint density at radius 1 is 1.10 bits per heavy atom. The molecule has 3 nitrogen and oxygen atoms in total. The quantitative estimate of drug-likeness (QED) is 0.729. The molecule has 0 spiro atoms. The highest BCUT2D eigenvalue weighted by Crippen LogP contribution is 2.39. The Balaban J connectivity index is 1.80. The molecule has 0 N–H and O–H groups in total. The van der Waals surface area contributed by atoms with Crippen molar-refractivity contribution in [2.45, 2.75) is 24.9 Å². The number of hydrogen-bond donors (Lipinski definition) is 0. The van der Waals surface area contributed by atoms with E-state index in [1.165, 1.54) is 12.1 Å². The second-order valence-electron chi connectivity index (χ2n) is 4.79. The van der Waals surface area contributed by atoms with Crippen LogP contribution in [0.25, 0.3) is 0 Å². The lowest BCUT2D eigenvalue weighted by Gasteiger charge is -2.09. The van der Waals surface area contributed by atoms with Gasteiger partial charge in [0.25, 0.3) is 0 Å². The zero-order chi connectivity index (χ0) is 15.0. The van der Waals surface area contributed by atoms with Crippen molar-refractivity contribution in [2.24, 2.45) is 0 Å². The number of rotatable bonds is 3. The summed E-state index contributed by atoms with van der Waals surface area (Å²) < 4.78 is 43.5. The van der Waals surface area contributed by atoms with Crippen LogP contribution in [-0.4, -0.2) is 9.97 Å². The summed E-state index contributed by atoms with van der Waals surface area (Å²) in [6, 6.07) is 6.09. The van der Waals surface area contributed by atoms with Crippen molar-refractivity contribution in [2.75, 3.05) is 0 Å². The largest absolute Gasteiger partial charge is 0.439 e. The number of ether oxygens (including phenoxy) is 1. The normalized spacial score (nSPS) is 15.0. The van der Waals surface area contributed by atoms with Gasteiger partial charge in [0.05, 0.1) is 5.56 Å². The van der Waals surface area contributed by atoms with Crippen LogP contribution in [-0.2, 0) is 6.18 Å². The first-order valence-corrected chi connectivity index (χ1v) is 7.11. The first kappa shape index (κ1) is 14.3. The minimum absolute atomic E-state index is 0.301. The van der Waals surface area contributed by atoms with E-state index in [0.717, 1.165) is 25.0 Å². The Bertz CT molecular complexity index is 654. The molecular formula is C14H10BrF3N2O. The number of halogens is 4. The molecular weight excluding hydrogens is 349 g/mol. The lowest BCUT2D eigenvalue weighted by atomic mass is 10.2. The molecule has 21 heavy (non-hydrogen) atoms. The monoisotopic (exact) mass is 358 g/mol. The van der Waals surface area contributed by atoms with Gasteiger partial charge in [-0.2, -0.15) is 18.2 Å². The lowest BCUT2D eigenvalue weighted by molar-refractivity contribution is -0.137. The van der Waals surface area contributed by atoms with E-state index in [1.54, 1.807) is 6.07 Å². The van der Waals surface area contributed by atoms with Gasteiger partial charge in [0, 0.05) is 12.0 Å². The van der Waals surface area contributed by atoms with Gasteiger partial charge in [-0.15, -0.1) is 0 Å². The SMILES string of the molecule is FC(F)(F)c1ccc(Oc2cc(Br)nc(C3CC3)n2)cc1. The van der Waals surface area contributed by atoms with Gasteiger partial charge in [-0.25, -0.2) is 4.98 Å². The van der Waals surface area contributed by atoms with Crippen molar-refractivity contribution in [1.29, 1.82) is 0 Å². The van der Waals surface area contributed by atoms with E-state index < -0.39 is 11.7 Å². The maximum Gasteiger partial charge on any atom is 0.416 e. The number of alkyl halides is 3. The molecule has 0 unspecified atom stereocenters. The number of hydrogen-bond acceptors (Lipinski definition) is 3. The third kappa shape index (κ3) is 3.53. The standard InChI is InChI=1S/C14H10BrF3N2O/c15-11-7-12(20-13(19-11)8-1-2-8)21-10-5-3-9(4-6-10)14(16,17)18/h3-8H,1-2H2. The van der Waals surface area contributed by atoms with Crippen LogP contribution >= 0.6 is 15.9 Å². The predicted molar refractivity (Wildman–Crippen MR) is 73.2 cm³/mol. The van der Waals surface area contributed by atoms with Crippen LogP contribution in [0.2, 0.25) is 0 Å². The summed E-state index contributed by atoms with van der Waals surface area (Å²) in [5.74, 6) is 1.68. The average molecular weight is 359 g/mol. The van der Waals surface area contributed by atoms with E-state index in [-0.39, 0.29) is 0 Å². The molecule has 1 saturated carbocycles. The minimum Gasteiger partial charge on any atom is -0.439 e. The van der Waals surface area contributed by atoms with E-state index >= 15 is 0 Å². The number of nitrogens with zero attached hydrogens (tertiary/aromatic N) is 2. The van der Waals surface area contributed by atoms with Crippen LogP contribution in [0, 0.1) is 0 Å². The van der Waals surface area contributed by atoms with E-state index in [0.29, 0.717) is 28.0 Å². The van der Waals surface area contributed by atoms with E-state index in [2.05, 4.69) is 25.9 Å². The Labute approximate surface area is 127 Å². The molecule has 0 atom stereocenters. The van der Waals surface area contributed by atoms with Crippen molar-refractivity contribution in [1.82, 2.24) is 9.97 Å². The summed E-state index contributed by atoms with van der Waals surface area (Å²) in [6.45, 7) is 0. The van der Waals surface area contributed by atoms with Gasteiger partial charge in [-0.1, -0.05) is 0 Å². The van der Waals surface area contributed by atoms with Crippen molar-refractivity contribution in [3.8, 4) is 11.6 Å². The van der Waals surface area contributed by atoms with Crippen molar-refractivity contribution < 1.29 is 17.9 Å². The minimum atomic E-state index is -4.35. The van der Waals surface area contributed by atoms with E-state index in [9.17, 15) is 13.2 Å². The van der Waals surface area contributed by atoms with Crippen LogP contribution in [0.5, 0.6) is 11.6 Å². The van der Waals surface area contributed by atoms with Crippen molar-refractivity contribution in [3.05, 3.63) is 46.3 Å². The van der Waals surface area contributed by atoms with Crippen LogP contribution in [0.4, 0.5) is 13.2 Å². The lowest BCUT2D eigenvalue weighted by Crippen LogP contribution is -2.04. The number of aromatic nitrogens is 2. The van der Waals surface area contributed by atoms with Crippen LogP contribution in [0.1, 0.15) is 30.1 Å². The summed E-state index contributed by atoms with van der Waals surface area (Å²) in [5.41, 5.74) is -0.711. The van der Waals surface area contributed by atoms with Crippen LogP contribution in [0.3, 0.4) is 0 Å². The highest BCUT2D eigenvalue weighted by molar-refractivity contribution is 9.10. The van der Waals surface area contributed by atoms with Crippen LogP contribution < -0.4 is 4.74 Å². The molecule has 3 rings (SSSR count). The van der Waals surface area contributed by atoms with Gasteiger partial charge >= 0.3 is 6.18 Å². The molecule has 0 saturated heterocycles. The van der Waals surface area contributed by atoms with E-state index in [4.69, 9.17) is 4.74 Å². The summed E-state index contributed by atoms with van der Waals surface area (Å²) in [5, 5.41) is 0. The Hall–Kier alpha value is -1.63. The Kier molecular flexibility index (Phi) is 3.61. The molecule has 0 aliphatic heterocycles. The van der Waals surface area contributed by atoms with Crippen molar-refractivity contribution in [3.63, 3.8) is 0 Å². The van der Waals surface area contributed by atoms with Gasteiger partial charge in [0.1, 0.15) is 16.2 Å². The molecule has 1 aromatic carbocycles. The first-order valence-electron chi connectivity index (χ1n) is 6.31. The molecule has 110 valence electrons. The third-order valence-corrected chi connectivity index (χ3v) is 3.44. The van der Waals surface area contributed by atoms with E-state index in [1.807, 2.05) is 0 Å². The number of benzene rings is 1. The van der Waals surface area contributed by atoms with Crippen LogP contribution in [0.15, 0.2) is 34.9 Å². The molecule has 1 aromatic heterocycles. The predicted octanol–water partition coefficient (Wildman–Crippen LogP) is 4.93. The molecule has 0 bridgehead atoms. The Morgan fingerprint density at radius 2 is 1.76 bits per heavy atom. The fourth-order valence-corrected chi connectivity index (χ4v) is 2.20. The summed E-state index contributed by atoms with van der Waals surface area (Å²) in [6.07, 6.45) is -2.25. The van der Waals surface area contributed by atoms with Crippen molar-refractivity contribution >= 4 is 15.9 Å².